The standard InChI is InChI=1S/C9H5ClF2O2/c10-8-6(3-13)1-5(9(11)12)2-7(8)4-14/h1-4,9H. The van der Waals surface area contributed by atoms with Gasteiger partial charge >= 0.3 is 0 Å². The molecule has 0 amide bonds. The second kappa shape index (κ2) is 4.28. The van der Waals surface area contributed by atoms with Crippen molar-refractivity contribution >= 4 is 24.2 Å². The first-order chi connectivity index (χ1) is 6.60. The molecule has 0 atom stereocenters. The fourth-order valence-electron chi connectivity index (χ4n) is 0.992. The largest absolute Gasteiger partial charge is 0.298 e. The SMILES string of the molecule is O=Cc1cc(C(F)F)cc(C=O)c1Cl. The molecule has 0 fully saturated rings. The minimum atomic E-state index is -2.73. The van der Waals surface area contributed by atoms with Crippen LogP contribution in [0.1, 0.15) is 32.7 Å². The summed E-state index contributed by atoms with van der Waals surface area (Å²) in [6, 6.07) is 1.93. The third-order valence-corrected chi connectivity index (χ3v) is 2.09. The van der Waals surface area contributed by atoms with Gasteiger partial charge in [-0.05, 0) is 12.1 Å². The zero-order chi connectivity index (χ0) is 10.7. The molecule has 0 saturated carbocycles. The Morgan fingerprint density at radius 3 is 1.86 bits per heavy atom. The van der Waals surface area contributed by atoms with Gasteiger partial charge in [0.1, 0.15) is 0 Å². The minimum Gasteiger partial charge on any atom is -0.298 e. The number of hydrogen-bond acceptors (Lipinski definition) is 2. The van der Waals surface area contributed by atoms with Crippen LogP contribution in [0.25, 0.3) is 0 Å². The molecular weight excluding hydrogens is 214 g/mol. The number of alkyl halides is 2. The van der Waals surface area contributed by atoms with Crippen molar-refractivity contribution in [3.8, 4) is 0 Å². The van der Waals surface area contributed by atoms with Crippen molar-refractivity contribution in [3.05, 3.63) is 33.8 Å². The molecule has 1 rings (SSSR count). The summed E-state index contributed by atoms with van der Waals surface area (Å²) in [4.78, 5) is 20.9. The van der Waals surface area contributed by atoms with Crippen LogP contribution in [0.4, 0.5) is 8.78 Å². The summed E-state index contributed by atoms with van der Waals surface area (Å²) in [5.41, 5.74) is -0.600. The zero-order valence-electron chi connectivity index (χ0n) is 6.84. The summed E-state index contributed by atoms with van der Waals surface area (Å²) in [5.74, 6) is 0. The van der Waals surface area contributed by atoms with Gasteiger partial charge in [0.25, 0.3) is 6.43 Å². The Morgan fingerprint density at radius 1 is 1.14 bits per heavy atom. The van der Waals surface area contributed by atoms with E-state index in [2.05, 4.69) is 0 Å². The van der Waals surface area contributed by atoms with Crippen LogP contribution in [0.5, 0.6) is 0 Å². The van der Waals surface area contributed by atoms with E-state index in [4.69, 9.17) is 11.6 Å². The maximum absolute atomic E-state index is 12.3. The molecule has 1 aromatic carbocycles. The van der Waals surface area contributed by atoms with Gasteiger partial charge in [0.15, 0.2) is 12.6 Å². The molecule has 2 nitrogen and oxygen atoms in total. The normalized spacial score (nSPS) is 10.3. The average Bonchev–Trinajstić information content (AvgIpc) is 2.17. The van der Waals surface area contributed by atoms with Crippen LogP contribution in [0.2, 0.25) is 5.02 Å². The quantitative estimate of drug-likeness (QED) is 0.731. The number of carbonyl (C=O) groups excluding carboxylic acids is 2. The molecule has 14 heavy (non-hydrogen) atoms. The molecule has 0 spiro atoms. The van der Waals surface area contributed by atoms with E-state index in [0.717, 1.165) is 12.1 Å². The average molecular weight is 219 g/mol. The summed E-state index contributed by atoms with van der Waals surface area (Å²) < 4.78 is 24.5. The number of benzene rings is 1. The third-order valence-electron chi connectivity index (χ3n) is 1.66. The van der Waals surface area contributed by atoms with E-state index < -0.39 is 12.0 Å². The van der Waals surface area contributed by atoms with E-state index in [1.165, 1.54) is 0 Å². The summed E-state index contributed by atoms with van der Waals surface area (Å²) in [7, 11) is 0. The van der Waals surface area contributed by atoms with Crippen molar-refractivity contribution in [1.29, 1.82) is 0 Å². The first-order valence-electron chi connectivity index (χ1n) is 3.62. The lowest BCUT2D eigenvalue weighted by Crippen LogP contribution is -1.94. The van der Waals surface area contributed by atoms with Crippen molar-refractivity contribution in [2.24, 2.45) is 0 Å². The fraction of sp³-hybridized carbons (Fsp3) is 0.111. The summed E-state index contributed by atoms with van der Waals surface area (Å²) in [6.45, 7) is 0. The molecule has 0 N–H and O–H groups in total. The highest BCUT2D eigenvalue weighted by Crippen LogP contribution is 2.26. The van der Waals surface area contributed by atoms with Gasteiger partial charge in [-0.2, -0.15) is 0 Å². The fourth-order valence-corrected chi connectivity index (χ4v) is 1.19. The highest BCUT2D eigenvalue weighted by Gasteiger charge is 2.13. The van der Waals surface area contributed by atoms with Gasteiger partial charge in [-0.1, -0.05) is 11.6 Å². The topological polar surface area (TPSA) is 34.1 Å². The maximum Gasteiger partial charge on any atom is 0.263 e. The Morgan fingerprint density at radius 2 is 1.57 bits per heavy atom. The van der Waals surface area contributed by atoms with Gasteiger partial charge < -0.3 is 0 Å². The molecule has 0 saturated heterocycles. The van der Waals surface area contributed by atoms with E-state index in [-0.39, 0.29) is 16.1 Å². The molecule has 0 aliphatic carbocycles. The predicted octanol–water partition coefficient (Wildman–Crippen LogP) is 2.90. The van der Waals surface area contributed by atoms with Crippen LogP contribution in [0.3, 0.4) is 0 Å². The molecule has 0 unspecified atom stereocenters. The van der Waals surface area contributed by atoms with Gasteiger partial charge in [0, 0.05) is 16.7 Å². The molecule has 0 aromatic heterocycles. The zero-order valence-corrected chi connectivity index (χ0v) is 7.59. The molecule has 0 aliphatic heterocycles. The lowest BCUT2D eigenvalue weighted by atomic mass is 10.1. The molecule has 0 aliphatic rings. The lowest BCUT2D eigenvalue weighted by Gasteiger charge is -2.04. The first-order valence-corrected chi connectivity index (χ1v) is 4.00. The molecule has 0 bridgehead atoms. The van der Waals surface area contributed by atoms with Crippen molar-refractivity contribution in [1.82, 2.24) is 0 Å². The number of halogens is 3. The van der Waals surface area contributed by atoms with Gasteiger partial charge in [-0.3, -0.25) is 9.59 Å². The van der Waals surface area contributed by atoms with Gasteiger partial charge in [-0.15, -0.1) is 0 Å². The highest BCUT2D eigenvalue weighted by atomic mass is 35.5. The van der Waals surface area contributed by atoms with E-state index in [0.29, 0.717) is 12.6 Å². The van der Waals surface area contributed by atoms with Crippen LogP contribution in [0, 0.1) is 0 Å². The van der Waals surface area contributed by atoms with E-state index in [1.807, 2.05) is 0 Å². The maximum atomic E-state index is 12.3. The summed E-state index contributed by atoms with van der Waals surface area (Å²) >= 11 is 5.58. The van der Waals surface area contributed by atoms with Crippen molar-refractivity contribution in [2.75, 3.05) is 0 Å². The van der Waals surface area contributed by atoms with Gasteiger partial charge in [0.2, 0.25) is 0 Å². The number of carbonyl (C=O) groups is 2. The van der Waals surface area contributed by atoms with E-state index in [9.17, 15) is 18.4 Å². The molecular formula is C9H5ClF2O2. The van der Waals surface area contributed by atoms with Gasteiger partial charge in [0.05, 0.1) is 5.02 Å². The highest BCUT2D eigenvalue weighted by molar-refractivity contribution is 6.35. The monoisotopic (exact) mass is 218 g/mol. The van der Waals surface area contributed by atoms with Crippen LogP contribution in [-0.2, 0) is 0 Å². The minimum absolute atomic E-state index is 0.0978. The first kappa shape index (κ1) is 10.8. The molecule has 1 aromatic rings. The van der Waals surface area contributed by atoms with Crippen LogP contribution < -0.4 is 0 Å². The second-order valence-electron chi connectivity index (χ2n) is 2.55. The van der Waals surface area contributed by atoms with Crippen LogP contribution in [0.15, 0.2) is 12.1 Å². The van der Waals surface area contributed by atoms with Gasteiger partial charge in [-0.25, -0.2) is 8.78 Å². The van der Waals surface area contributed by atoms with Crippen molar-refractivity contribution in [2.45, 2.75) is 6.43 Å². The molecule has 5 heteroatoms. The second-order valence-corrected chi connectivity index (χ2v) is 2.93. The Kier molecular flexibility index (Phi) is 3.30. The number of aldehydes is 2. The molecule has 0 radical (unpaired) electrons. The lowest BCUT2D eigenvalue weighted by molar-refractivity contribution is 0.112. The molecule has 74 valence electrons. The van der Waals surface area contributed by atoms with Crippen LogP contribution >= 0.6 is 11.6 Å². The Bertz CT molecular complexity index is 348. The Balaban J connectivity index is 3.39. The molecule has 0 heterocycles. The van der Waals surface area contributed by atoms with E-state index >= 15 is 0 Å². The Hall–Kier alpha value is -1.29. The third kappa shape index (κ3) is 1.96. The summed E-state index contributed by atoms with van der Waals surface area (Å²) in [6.07, 6.45) is -2.06. The number of rotatable bonds is 3. The number of hydrogen-bond donors (Lipinski definition) is 0. The summed E-state index contributed by atoms with van der Waals surface area (Å²) in [5, 5.41) is -0.0978. The Labute approximate surface area is 83.5 Å². The van der Waals surface area contributed by atoms with Crippen molar-refractivity contribution < 1.29 is 18.4 Å². The smallest absolute Gasteiger partial charge is 0.263 e. The van der Waals surface area contributed by atoms with Crippen LogP contribution in [-0.4, -0.2) is 12.6 Å². The predicted molar refractivity (Wildman–Crippen MR) is 47.2 cm³/mol. The van der Waals surface area contributed by atoms with Crippen molar-refractivity contribution in [3.63, 3.8) is 0 Å². The van der Waals surface area contributed by atoms with E-state index in [1.54, 1.807) is 0 Å².